The quantitative estimate of drug-likeness (QED) is 0.226. The molecule has 0 aliphatic carbocycles. The Labute approximate surface area is 148 Å². The van der Waals surface area contributed by atoms with E-state index >= 15 is 0 Å². The molecule has 2 heterocycles. The molecule has 26 heavy (non-hydrogen) atoms. The largest absolute Gasteiger partial charge is 0.394 e. The zero-order valence-electron chi connectivity index (χ0n) is 14.0. The number of carbonyl (C=O) groups is 1. The second kappa shape index (κ2) is 8.84. The van der Waals surface area contributed by atoms with Gasteiger partial charge in [0.2, 0.25) is 5.91 Å². The molecule has 0 bridgehead atoms. The fourth-order valence-electron chi connectivity index (χ4n) is 2.97. The SMILES string of the molecule is CC(=O)N[C@H]1[C@H](O[C@@H]2O[C@H](CO)[C@H](O)[C@H](O)[C@H]2O)[C@@H](O)[C@H](CO)O[C@@H]1O. The van der Waals surface area contributed by atoms with Crippen LogP contribution >= 0.6 is 0 Å². The molecule has 2 saturated heterocycles. The normalized spacial score (nSPS) is 46.8. The molecule has 1 amide bonds. The summed E-state index contributed by atoms with van der Waals surface area (Å²) in [5.74, 6) is -0.574. The van der Waals surface area contributed by atoms with Crippen LogP contribution in [0, 0.1) is 0 Å². The van der Waals surface area contributed by atoms with Gasteiger partial charge in [-0.1, -0.05) is 0 Å². The summed E-state index contributed by atoms with van der Waals surface area (Å²) in [7, 11) is 0. The minimum absolute atomic E-state index is 0.574. The van der Waals surface area contributed by atoms with Crippen LogP contribution in [-0.4, -0.2) is 116 Å². The molecule has 2 fully saturated rings. The van der Waals surface area contributed by atoms with Gasteiger partial charge >= 0.3 is 0 Å². The lowest BCUT2D eigenvalue weighted by atomic mass is 9.95. The van der Waals surface area contributed by atoms with E-state index in [1.54, 1.807) is 0 Å². The van der Waals surface area contributed by atoms with Crippen molar-refractivity contribution < 1.29 is 54.8 Å². The van der Waals surface area contributed by atoms with Gasteiger partial charge in [-0.2, -0.15) is 0 Å². The second-order valence-electron chi connectivity index (χ2n) is 6.26. The maximum atomic E-state index is 11.4. The van der Waals surface area contributed by atoms with Gasteiger partial charge in [0.05, 0.1) is 13.2 Å². The number of aliphatic hydroxyl groups is 7. The first-order chi connectivity index (χ1) is 12.2. The molecule has 0 aromatic heterocycles. The second-order valence-corrected chi connectivity index (χ2v) is 6.26. The van der Waals surface area contributed by atoms with Gasteiger partial charge in [0.25, 0.3) is 0 Å². The minimum atomic E-state index is -1.74. The molecular weight excluding hydrogens is 358 g/mol. The van der Waals surface area contributed by atoms with Crippen LogP contribution in [-0.2, 0) is 19.0 Å². The van der Waals surface area contributed by atoms with Gasteiger partial charge < -0.3 is 55.3 Å². The predicted octanol–water partition coefficient (Wildman–Crippen LogP) is -5.25. The zero-order valence-corrected chi connectivity index (χ0v) is 14.0. The predicted molar refractivity (Wildman–Crippen MR) is 80.2 cm³/mol. The zero-order chi connectivity index (χ0) is 19.6. The van der Waals surface area contributed by atoms with Crippen molar-refractivity contribution in [2.75, 3.05) is 13.2 Å². The standard InChI is InChI=1S/C14H25NO11/c1-4(18)15-7-12(9(20)6(3-17)24-13(7)23)26-14-11(22)10(21)8(19)5(2-16)25-14/h5-14,16-17,19-23H,2-3H2,1H3,(H,15,18)/t5-,6+,7+,8+,9+,10+,11-,12+,13+,14+/m1/s1. The molecule has 0 radical (unpaired) electrons. The molecule has 152 valence electrons. The number of aliphatic hydroxyl groups excluding tert-OH is 7. The molecule has 2 aliphatic rings. The lowest BCUT2D eigenvalue weighted by Crippen LogP contribution is -2.67. The Morgan fingerprint density at radius 1 is 0.923 bits per heavy atom. The van der Waals surface area contributed by atoms with Crippen molar-refractivity contribution in [2.45, 2.75) is 68.3 Å². The highest BCUT2D eigenvalue weighted by Crippen LogP contribution is 2.28. The molecule has 10 atom stereocenters. The summed E-state index contributed by atoms with van der Waals surface area (Å²) in [6.07, 6.45) is -13.7. The molecule has 2 rings (SSSR count). The van der Waals surface area contributed by atoms with Crippen molar-refractivity contribution in [3.05, 3.63) is 0 Å². The Kier molecular flexibility index (Phi) is 7.27. The number of ether oxygens (including phenoxy) is 3. The van der Waals surface area contributed by atoms with Crippen molar-refractivity contribution in [1.82, 2.24) is 5.32 Å². The van der Waals surface area contributed by atoms with Gasteiger partial charge in [-0.25, -0.2) is 0 Å². The van der Waals surface area contributed by atoms with E-state index in [1.165, 1.54) is 0 Å². The number of rotatable bonds is 5. The van der Waals surface area contributed by atoms with Gasteiger partial charge in [0, 0.05) is 6.92 Å². The summed E-state index contributed by atoms with van der Waals surface area (Å²) in [6.45, 7) is -0.195. The summed E-state index contributed by atoms with van der Waals surface area (Å²) in [6, 6.07) is -1.28. The Morgan fingerprint density at radius 2 is 1.50 bits per heavy atom. The summed E-state index contributed by atoms with van der Waals surface area (Å²) in [5, 5.41) is 70.7. The Balaban J connectivity index is 2.21. The maximum absolute atomic E-state index is 11.4. The van der Waals surface area contributed by atoms with Crippen molar-refractivity contribution >= 4 is 5.91 Å². The molecule has 0 saturated carbocycles. The Bertz CT molecular complexity index is 478. The molecule has 8 N–H and O–H groups in total. The van der Waals surface area contributed by atoms with E-state index in [4.69, 9.17) is 14.2 Å². The third-order valence-corrected chi connectivity index (χ3v) is 4.38. The number of hydrogen-bond donors (Lipinski definition) is 8. The number of hydrogen-bond acceptors (Lipinski definition) is 11. The van der Waals surface area contributed by atoms with Crippen LogP contribution in [0.3, 0.4) is 0 Å². The van der Waals surface area contributed by atoms with Crippen molar-refractivity contribution in [3.63, 3.8) is 0 Å². The fraction of sp³-hybridized carbons (Fsp3) is 0.929. The van der Waals surface area contributed by atoms with Crippen LogP contribution in [0.15, 0.2) is 0 Å². The molecule has 0 spiro atoms. The van der Waals surface area contributed by atoms with Gasteiger partial charge in [-0.15, -0.1) is 0 Å². The maximum Gasteiger partial charge on any atom is 0.217 e. The van der Waals surface area contributed by atoms with E-state index in [-0.39, 0.29) is 0 Å². The monoisotopic (exact) mass is 383 g/mol. The highest BCUT2D eigenvalue weighted by molar-refractivity contribution is 5.73. The first-order valence-corrected chi connectivity index (χ1v) is 8.06. The third kappa shape index (κ3) is 4.31. The molecular formula is C14H25NO11. The van der Waals surface area contributed by atoms with Gasteiger partial charge in [0.1, 0.15) is 48.8 Å². The van der Waals surface area contributed by atoms with Crippen LogP contribution in [0.4, 0.5) is 0 Å². The Morgan fingerprint density at radius 3 is 2.04 bits per heavy atom. The smallest absolute Gasteiger partial charge is 0.217 e. The molecule has 0 aromatic carbocycles. The van der Waals surface area contributed by atoms with Crippen LogP contribution < -0.4 is 5.32 Å². The number of nitrogens with one attached hydrogen (secondary N) is 1. The number of amides is 1. The van der Waals surface area contributed by atoms with Crippen LogP contribution in [0.2, 0.25) is 0 Å². The Hall–Kier alpha value is -0.930. The summed E-state index contributed by atoms with van der Waals surface area (Å²) in [4.78, 5) is 11.4. The van der Waals surface area contributed by atoms with Crippen molar-refractivity contribution in [2.24, 2.45) is 0 Å². The van der Waals surface area contributed by atoms with Gasteiger partial charge in [-0.3, -0.25) is 4.79 Å². The van der Waals surface area contributed by atoms with E-state index in [0.717, 1.165) is 6.92 Å². The fourth-order valence-corrected chi connectivity index (χ4v) is 2.97. The molecule has 0 aromatic rings. The average Bonchev–Trinajstić information content (AvgIpc) is 2.60. The van der Waals surface area contributed by atoms with Crippen LogP contribution in [0.1, 0.15) is 6.92 Å². The third-order valence-electron chi connectivity index (χ3n) is 4.38. The lowest BCUT2D eigenvalue weighted by molar-refractivity contribution is -0.341. The molecule has 0 unspecified atom stereocenters. The number of carbonyl (C=O) groups excluding carboxylic acids is 1. The van der Waals surface area contributed by atoms with E-state index in [0.29, 0.717) is 0 Å². The van der Waals surface area contributed by atoms with Crippen LogP contribution in [0.25, 0.3) is 0 Å². The van der Waals surface area contributed by atoms with Crippen molar-refractivity contribution in [3.8, 4) is 0 Å². The summed E-state index contributed by atoms with van der Waals surface area (Å²) < 4.78 is 15.7. The first kappa shape index (κ1) is 21.4. The average molecular weight is 383 g/mol. The molecule has 12 heteroatoms. The van der Waals surface area contributed by atoms with E-state index in [2.05, 4.69) is 5.32 Å². The summed E-state index contributed by atoms with van der Waals surface area (Å²) >= 11 is 0. The van der Waals surface area contributed by atoms with Gasteiger partial charge in [-0.05, 0) is 0 Å². The molecule has 12 nitrogen and oxygen atoms in total. The summed E-state index contributed by atoms with van der Waals surface area (Å²) in [5.41, 5.74) is 0. The van der Waals surface area contributed by atoms with Crippen molar-refractivity contribution in [1.29, 1.82) is 0 Å². The minimum Gasteiger partial charge on any atom is -0.394 e. The highest BCUT2D eigenvalue weighted by atomic mass is 16.7. The van der Waals surface area contributed by atoms with E-state index < -0.39 is 80.5 Å². The van der Waals surface area contributed by atoms with E-state index in [1.807, 2.05) is 0 Å². The molecule has 2 aliphatic heterocycles. The van der Waals surface area contributed by atoms with Crippen LogP contribution in [0.5, 0.6) is 0 Å². The topological polar surface area (TPSA) is 198 Å². The van der Waals surface area contributed by atoms with Gasteiger partial charge in [0.15, 0.2) is 12.6 Å². The first-order valence-electron chi connectivity index (χ1n) is 8.06. The highest BCUT2D eigenvalue weighted by Gasteiger charge is 2.50. The lowest BCUT2D eigenvalue weighted by Gasteiger charge is -2.46. The van der Waals surface area contributed by atoms with E-state index in [9.17, 15) is 40.5 Å².